The van der Waals surface area contributed by atoms with E-state index in [-0.39, 0.29) is 6.04 Å². The minimum Gasteiger partial charge on any atom is -0.361 e. The Morgan fingerprint density at radius 3 is 3.07 bits per heavy atom. The SMILES string of the molecule is C=CCC(N)c1cccc2cc[nH]c12. The number of para-hydroxylation sites is 1. The van der Waals surface area contributed by atoms with Crippen LogP contribution in [0.4, 0.5) is 0 Å². The number of fused-ring (bicyclic) bond motifs is 1. The van der Waals surface area contributed by atoms with Gasteiger partial charge in [0.1, 0.15) is 0 Å². The fourth-order valence-electron chi connectivity index (χ4n) is 1.72. The van der Waals surface area contributed by atoms with Crippen molar-refractivity contribution in [2.45, 2.75) is 12.5 Å². The van der Waals surface area contributed by atoms with Crippen LogP contribution in [-0.2, 0) is 0 Å². The lowest BCUT2D eigenvalue weighted by molar-refractivity contribution is 0.747. The van der Waals surface area contributed by atoms with E-state index in [0.29, 0.717) is 0 Å². The van der Waals surface area contributed by atoms with E-state index in [4.69, 9.17) is 5.73 Å². The van der Waals surface area contributed by atoms with E-state index in [2.05, 4.69) is 29.8 Å². The summed E-state index contributed by atoms with van der Waals surface area (Å²) in [5.74, 6) is 0. The third-order valence-corrected chi connectivity index (χ3v) is 2.44. The third-order valence-electron chi connectivity index (χ3n) is 2.44. The van der Waals surface area contributed by atoms with Gasteiger partial charge >= 0.3 is 0 Å². The van der Waals surface area contributed by atoms with E-state index in [9.17, 15) is 0 Å². The van der Waals surface area contributed by atoms with Gasteiger partial charge < -0.3 is 10.7 Å². The molecule has 2 nitrogen and oxygen atoms in total. The number of rotatable bonds is 3. The van der Waals surface area contributed by atoms with E-state index in [1.807, 2.05) is 18.3 Å². The molecule has 2 aromatic rings. The van der Waals surface area contributed by atoms with Crippen LogP contribution in [0.2, 0.25) is 0 Å². The number of nitrogens with one attached hydrogen (secondary N) is 1. The Morgan fingerprint density at radius 1 is 1.43 bits per heavy atom. The lowest BCUT2D eigenvalue weighted by atomic mass is 10.0. The second kappa shape index (κ2) is 3.68. The summed E-state index contributed by atoms with van der Waals surface area (Å²) in [4.78, 5) is 3.21. The van der Waals surface area contributed by atoms with Crippen LogP contribution in [0.1, 0.15) is 18.0 Å². The van der Waals surface area contributed by atoms with Gasteiger partial charge in [0.25, 0.3) is 0 Å². The largest absolute Gasteiger partial charge is 0.361 e. The lowest BCUT2D eigenvalue weighted by Gasteiger charge is -2.10. The van der Waals surface area contributed by atoms with Gasteiger partial charge in [0.2, 0.25) is 0 Å². The normalized spacial score (nSPS) is 12.9. The maximum atomic E-state index is 6.04. The maximum absolute atomic E-state index is 6.04. The number of H-pyrrole nitrogens is 1. The van der Waals surface area contributed by atoms with Gasteiger partial charge in [-0.2, -0.15) is 0 Å². The predicted molar refractivity (Wildman–Crippen MR) is 60.0 cm³/mol. The second-order valence-electron chi connectivity index (χ2n) is 3.42. The average molecular weight is 186 g/mol. The van der Waals surface area contributed by atoms with Crippen LogP contribution in [0, 0.1) is 0 Å². The van der Waals surface area contributed by atoms with Gasteiger partial charge in [-0.1, -0.05) is 24.3 Å². The molecule has 72 valence electrons. The zero-order valence-electron chi connectivity index (χ0n) is 8.03. The van der Waals surface area contributed by atoms with Gasteiger partial charge in [-0.15, -0.1) is 6.58 Å². The zero-order chi connectivity index (χ0) is 9.97. The summed E-state index contributed by atoms with van der Waals surface area (Å²) < 4.78 is 0. The molecule has 0 aliphatic heterocycles. The molecule has 0 spiro atoms. The van der Waals surface area contributed by atoms with Crippen molar-refractivity contribution in [3.05, 3.63) is 48.7 Å². The Balaban J connectivity index is 2.50. The molecule has 0 bridgehead atoms. The number of nitrogens with two attached hydrogens (primary N) is 1. The predicted octanol–water partition coefficient (Wildman–Crippen LogP) is 2.74. The Bertz CT molecular complexity index is 442. The first-order chi connectivity index (χ1) is 6.83. The first kappa shape index (κ1) is 9.03. The van der Waals surface area contributed by atoms with E-state index in [0.717, 1.165) is 17.5 Å². The minimum atomic E-state index is 0.0369. The first-order valence-electron chi connectivity index (χ1n) is 4.75. The van der Waals surface area contributed by atoms with Gasteiger partial charge in [0.05, 0.1) is 5.52 Å². The molecule has 14 heavy (non-hydrogen) atoms. The topological polar surface area (TPSA) is 41.8 Å². The smallest absolute Gasteiger partial charge is 0.0502 e. The zero-order valence-corrected chi connectivity index (χ0v) is 8.03. The summed E-state index contributed by atoms with van der Waals surface area (Å²) in [7, 11) is 0. The Hall–Kier alpha value is -1.54. The standard InChI is InChI=1S/C12H14N2/c1-2-4-11(13)10-6-3-5-9-7-8-14-12(9)10/h2-3,5-8,11,14H,1,4,13H2. The molecular formula is C12H14N2. The Kier molecular flexibility index (Phi) is 2.37. The fourth-order valence-corrected chi connectivity index (χ4v) is 1.72. The molecule has 1 aromatic carbocycles. The van der Waals surface area contributed by atoms with Crippen molar-refractivity contribution in [1.29, 1.82) is 0 Å². The number of aromatic amines is 1. The van der Waals surface area contributed by atoms with E-state index in [1.54, 1.807) is 0 Å². The quantitative estimate of drug-likeness (QED) is 0.711. The molecule has 0 saturated heterocycles. The van der Waals surface area contributed by atoms with Crippen LogP contribution in [-0.4, -0.2) is 4.98 Å². The third kappa shape index (κ3) is 1.44. The lowest BCUT2D eigenvalue weighted by Crippen LogP contribution is -2.09. The van der Waals surface area contributed by atoms with Crippen molar-refractivity contribution >= 4 is 10.9 Å². The van der Waals surface area contributed by atoms with Crippen molar-refractivity contribution in [3.63, 3.8) is 0 Å². The van der Waals surface area contributed by atoms with E-state index in [1.165, 1.54) is 5.39 Å². The van der Waals surface area contributed by atoms with Gasteiger partial charge in [-0.25, -0.2) is 0 Å². The van der Waals surface area contributed by atoms with Crippen LogP contribution < -0.4 is 5.73 Å². The molecule has 0 aliphatic carbocycles. The molecule has 0 amide bonds. The molecule has 1 heterocycles. The number of hydrogen-bond acceptors (Lipinski definition) is 1. The monoisotopic (exact) mass is 186 g/mol. The molecule has 2 rings (SSSR count). The molecule has 3 N–H and O–H groups in total. The highest BCUT2D eigenvalue weighted by Crippen LogP contribution is 2.23. The van der Waals surface area contributed by atoms with E-state index < -0.39 is 0 Å². The summed E-state index contributed by atoms with van der Waals surface area (Å²) in [6.07, 6.45) is 4.60. The summed E-state index contributed by atoms with van der Waals surface area (Å²) in [5.41, 5.74) is 8.34. The van der Waals surface area contributed by atoms with Gasteiger partial charge in [0, 0.05) is 12.2 Å². The van der Waals surface area contributed by atoms with Crippen LogP contribution in [0.3, 0.4) is 0 Å². The fraction of sp³-hybridized carbons (Fsp3) is 0.167. The van der Waals surface area contributed by atoms with E-state index >= 15 is 0 Å². The molecule has 0 saturated carbocycles. The Labute approximate surface area is 83.4 Å². The molecule has 0 aliphatic rings. The Morgan fingerprint density at radius 2 is 2.29 bits per heavy atom. The highest BCUT2D eigenvalue weighted by Gasteiger charge is 2.08. The van der Waals surface area contributed by atoms with Gasteiger partial charge in [-0.3, -0.25) is 0 Å². The number of aromatic nitrogens is 1. The van der Waals surface area contributed by atoms with Crippen molar-refractivity contribution < 1.29 is 0 Å². The molecule has 1 aromatic heterocycles. The first-order valence-corrected chi connectivity index (χ1v) is 4.75. The van der Waals surface area contributed by atoms with Crippen LogP contribution in [0.15, 0.2) is 43.1 Å². The summed E-state index contributed by atoms with van der Waals surface area (Å²) >= 11 is 0. The van der Waals surface area contributed by atoms with Gasteiger partial charge in [0.15, 0.2) is 0 Å². The second-order valence-corrected chi connectivity index (χ2v) is 3.42. The molecule has 1 atom stereocenters. The number of hydrogen-bond donors (Lipinski definition) is 2. The minimum absolute atomic E-state index is 0.0369. The molecule has 2 heteroatoms. The van der Waals surface area contributed by atoms with Crippen molar-refractivity contribution in [1.82, 2.24) is 4.98 Å². The highest BCUT2D eigenvalue weighted by atomic mass is 14.7. The van der Waals surface area contributed by atoms with Crippen molar-refractivity contribution in [2.75, 3.05) is 0 Å². The van der Waals surface area contributed by atoms with Crippen LogP contribution >= 0.6 is 0 Å². The highest BCUT2D eigenvalue weighted by molar-refractivity contribution is 5.82. The van der Waals surface area contributed by atoms with Crippen LogP contribution in [0.5, 0.6) is 0 Å². The molecular weight excluding hydrogens is 172 g/mol. The summed E-state index contributed by atoms with van der Waals surface area (Å²) in [6, 6.07) is 8.27. The van der Waals surface area contributed by atoms with Gasteiger partial charge in [-0.05, 0) is 23.4 Å². The number of benzene rings is 1. The van der Waals surface area contributed by atoms with Crippen LogP contribution in [0.25, 0.3) is 10.9 Å². The molecule has 1 unspecified atom stereocenters. The summed E-state index contributed by atoms with van der Waals surface area (Å²) in [5, 5.41) is 1.21. The molecule has 0 radical (unpaired) electrons. The average Bonchev–Trinajstić information content (AvgIpc) is 2.65. The maximum Gasteiger partial charge on any atom is 0.0502 e. The molecule has 0 fully saturated rings. The summed E-state index contributed by atoms with van der Waals surface area (Å²) in [6.45, 7) is 3.70. The van der Waals surface area contributed by atoms with Crippen molar-refractivity contribution in [2.24, 2.45) is 5.73 Å². The van der Waals surface area contributed by atoms with Crippen molar-refractivity contribution in [3.8, 4) is 0 Å².